The molecule has 1 aromatic heterocycles. The van der Waals surface area contributed by atoms with E-state index in [9.17, 15) is 0 Å². The lowest BCUT2D eigenvalue weighted by atomic mass is 10.1. The van der Waals surface area contributed by atoms with Gasteiger partial charge in [0.25, 0.3) is 0 Å². The summed E-state index contributed by atoms with van der Waals surface area (Å²) in [6.45, 7) is 1.93. The highest BCUT2D eigenvalue weighted by Gasteiger charge is 2.07. The van der Waals surface area contributed by atoms with Crippen molar-refractivity contribution in [2.75, 3.05) is 0 Å². The standard InChI is InChI=1S/C11H11BrClN3/c1-7(14)8-2-3-11(10(13)4-8)16-6-9(12)5-15-16/h2-7H,14H2,1H3/t7-/m1/s1. The summed E-state index contributed by atoms with van der Waals surface area (Å²) in [4.78, 5) is 0. The molecule has 0 fully saturated rings. The third-order valence-electron chi connectivity index (χ3n) is 2.30. The van der Waals surface area contributed by atoms with Gasteiger partial charge in [-0.2, -0.15) is 5.10 Å². The Labute approximate surface area is 107 Å². The largest absolute Gasteiger partial charge is 0.324 e. The number of benzene rings is 1. The number of nitrogens with two attached hydrogens (primary N) is 1. The Balaban J connectivity index is 2.44. The molecule has 1 heterocycles. The van der Waals surface area contributed by atoms with Crippen LogP contribution < -0.4 is 5.73 Å². The van der Waals surface area contributed by atoms with E-state index in [2.05, 4.69) is 21.0 Å². The van der Waals surface area contributed by atoms with E-state index in [-0.39, 0.29) is 6.04 Å². The van der Waals surface area contributed by atoms with E-state index in [0.29, 0.717) is 5.02 Å². The monoisotopic (exact) mass is 299 g/mol. The zero-order valence-corrected chi connectivity index (χ0v) is 11.0. The molecule has 2 N–H and O–H groups in total. The van der Waals surface area contributed by atoms with Crippen LogP contribution in [0.25, 0.3) is 5.69 Å². The lowest BCUT2D eigenvalue weighted by Gasteiger charge is -2.09. The molecule has 2 rings (SSSR count). The molecule has 1 aromatic carbocycles. The average molecular weight is 301 g/mol. The van der Waals surface area contributed by atoms with Crippen LogP contribution in [0.4, 0.5) is 0 Å². The van der Waals surface area contributed by atoms with Crippen LogP contribution in [0.1, 0.15) is 18.5 Å². The van der Waals surface area contributed by atoms with Gasteiger partial charge in [0.2, 0.25) is 0 Å². The Morgan fingerprint density at radius 2 is 2.25 bits per heavy atom. The summed E-state index contributed by atoms with van der Waals surface area (Å²) < 4.78 is 2.64. The highest BCUT2D eigenvalue weighted by Crippen LogP contribution is 2.24. The summed E-state index contributed by atoms with van der Waals surface area (Å²) in [6.07, 6.45) is 3.57. The number of aromatic nitrogens is 2. The van der Waals surface area contributed by atoms with Crippen molar-refractivity contribution in [3.63, 3.8) is 0 Å². The molecule has 0 unspecified atom stereocenters. The molecule has 0 spiro atoms. The van der Waals surface area contributed by atoms with Crippen LogP contribution in [0.15, 0.2) is 35.1 Å². The lowest BCUT2D eigenvalue weighted by Crippen LogP contribution is -2.05. The second kappa shape index (κ2) is 4.57. The smallest absolute Gasteiger partial charge is 0.0832 e. The van der Waals surface area contributed by atoms with Crippen molar-refractivity contribution >= 4 is 27.5 Å². The third kappa shape index (κ3) is 2.29. The first kappa shape index (κ1) is 11.6. The van der Waals surface area contributed by atoms with Gasteiger partial charge in [-0.3, -0.25) is 0 Å². The number of hydrogen-bond donors (Lipinski definition) is 1. The highest BCUT2D eigenvalue weighted by atomic mass is 79.9. The van der Waals surface area contributed by atoms with Gasteiger partial charge in [-0.25, -0.2) is 4.68 Å². The predicted octanol–water partition coefficient (Wildman–Crippen LogP) is 3.31. The molecule has 0 amide bonds. The molecule has 1 atom stereocenters. The summed E-state index contributed by atoms with van der Waals surface area (Å²) in [5.41, 5.74) is 7.64. The molecule has 3 nitrogen and oxygen atoms in total. The predicted molar refractivity (Wildman–Crippen MR) is 68.9 cm³/mol. The van der Waals surface area contributed by atoms with Crippen molar-refractivity contribution in [3.05, 3.63) is 45.7 Å². The lowest BCUT2D eigenvalue weighted by molar-refractivity contribution is 0.814. The van der Waals surface area contributed by atoms with Crippen molar-refractivity contribution in [2.24, 2.45) is 5.73 Å². The van der Waals surface area contributed by atoms with Crippen LogP contribution in [-0.2, 0) is 0 Å². The Bertz CT molecular complexity index is 508. The van der Waals surface area contributed by atoms with Gasteiger partial charge in [0.1, 0.15) is 0 Å². The fourth-order valence-corrected chi connectivity index (χ4v) is 1.99. The maximum atomic E-state index is 6.19. The minimum absolute atomic E-state index is 0.0177. The molecule has 2 aromatic rings. The van der Waals surface area contributed by atoms with Crippen molar-refractivity contribution in [1.82, 2.24) is 9.78 Å². The van der Waals surface area contributed by atoms with Gasteiger partial charge in [-0.1, -0.05) is 17.7 Å². The summed E-state index contributed by atoms with van der Waals surface area (Å²) in [5, 5.41) is 4.82. The SMILES string of the molecule is C[C@@H](N)c1ccc(-n2cc(Br)cn2)c(Cl)c1. The summed E-state index contributed by atoms with van der Waals surface area (Å²) in [6, 6.07) is 5.73. The average Bonchev–Trinajstić information content (AvgIpc) is 2.64. The van der Waals surface area contributed by atoms with Gasteiger partial charge >= 0.3 is 0 Å². The number of halogens is 2. The van der Waals surface area contributed by atoms with Gasteiger partial charge in [0.05, 0.1) is 21.4 Å². The maximum Gasteiger partial charge on any atom is 0.0832 e. The van der Waals surface area contributed by atoms with Gasteiger partial charge in [-0.05, 0) is 40.5 Å². The van der Waals surface area contributed by atoms with E-state index < -0.39 is 0 Å². The molecular weight excluding hydrogens is 289 g/mol. The fraction of sp³-hybridized carbons (Fsp3) is 0.182. The van der Waals surface area contributed by atoms with E-state index in [4.69, 9.17) is 17.3 Å². The number of rotatable bonds is 2. The molecule has 0 bridgehead atoms. The molecular formula is C11H11BrClN3. The first-order chi connectivity index (χ1) is 7.58. The quantitative estimate of drug-likeness (QED) is 0.924. The van der Waals surface area contributed by atoms with E-state index in [0.717, 1.165) is 15.7 Å². The van der Waals surface area contributed by atoms with E-state index in [1.165, 1.54) is 0 Å². The van der Waals surface area contributed by atoms with E-state index in [1.54, 1.807) is 10.9 Å². The molecule has 0 saturated carbocycles. The first-order valence-corrected chi connectivity index (χ1v) is 6.00. The van der Waals surface area contributed by atoms with E-state index >= 15 is 0 Å². The van der Waals surface area contributed by atoms with Crippen LogP contribution in [0.2, 0.25) is 5.02 Å². The molecule has 0 radical (unpaired) electrons. The van der Waals surface area contributed by atoms with Gasteiger partial charge in [0.15, 0.2) is 0 Å². The third-order valence-corrected chi connectivity index (χ3v) is 3.01. The first-order valence-electron chi connectivity index (χ1n) is 4.83. The fourth-order valence-electron chi connectivity index (χ4n) is 1.42. The zero-order valence-electron chi connectivity index (χ0n) is 8.69. The summed E-state index contributed by atoms with van der Waals surface area (Å²) >= 11 is 9.53. The maximum absolute atomic E-state index is 6.19. The Morgan fingerprint density at radius 1 is 1.50 bits per heavy atom. The molecule has 0 aliphatic heterocycles. The Hall–Kier alpha value is -0.840. The number of nitrogens with zero attached hydrogens (tertiary/aromatic N) is 2. The molecule has 84 valence electrons. The normalized spacial score (nSPS) is 12.8. The van der Waals surface area contributed by atoms with Gasteiger partial charge in [0, 0.05) is 12.2 Å². The van der Waals surface area contributed by atoms with Gasteiger partial charge in [-0.15, -0.1) is 0 Å². The number of hydrogen-bond acceptors (Lipinski definition) is 2. The molecule has 0 saturated heterocycles. The Kier molecular flexibility index (Phi) is 3.33. The van der Waals surface area contributed by atoms with Crippen molar-refractivity contribution in [1.29, 1.82) is 0 Å². The van der Waals surface area contributed by atoms with Crippen LogP contribution in [0.5, 0.6) is 0 Å². The second-order valence-electron chi connectivity index (χ2n) is 3.60. The molecule has 0 aliphatic carbocycles. The summed E-state index contributed by atoms with van der Waals surface area (Å²) in [5.74, 6) is 0. The molecule has 5 heteroatoms. The highest BCUT2D eigenvalue weighted by molar-refractivity contribution is 9.10. The van der Waals surface area contributed by atoms with Crippen molar-refractivity contribution in [2.45, 2.75) is 13.0 Å². The van der Waals surface area contributed by atoms with Crippen molar-refractivity contribution in [3.8, 4) is 5.69 Å². The minimum Gasteiger partial charge on any atom is -0.324 e. The van der Waals surface area contributed by atoms with Crippen molar-refractivity contribution < 1.29 is 0 Å². The van der Waals surface area contributed by atoms with Gasteiger partial charge < -0.3 is 5.73 Å². The Morgan fingerprint density at radius 3 is 2.75 bits per heavy atom. The topological polar surface area (TPSA) is 43.8 Å². The van der Waals surface area contributed by atoms with Crippen LogP contribution in [-0.4, -0.2) is 9.78 Å². The van der Waals surface area contributed by atoms with E-state index in [1.807, 2.05) is 31.3 Å². The zero-order chi connectivity index (χ0) is 11.7. The van der Waals surface area contributed by atoms with Crippen LogP contribution in [0.3, 0.4) is 0 Å². The minimum atomic E-state index is -0.0177. The molecule has 16 heavy (non-hydrogen) atoms. The summed E-state index contributed by atoms with van der Waals surface area (Å²) in [7, 11) is 0. The second-order valence-corrected chi connectivity index (χ2v) is 4.93. The van der Waals surface area contributed by atoms with Crippen LogP contribution >= 0.6 is 27.5 Å². The molecule has 0 aliphatic rings. The van der Waals surface area contributed by atoms with Crippen LogP contribution in [0, 0.1) is 0 Å².